The number of aryl methyl sites for hydroxylation is 1. The average molecular weight is 422 g/mol. The van der Waals surface area contributed by atoms with Gasteiger partial charge in [0.05, 0.1) is 6.26 Å². The number of likely N-dealkylation sites (tertiary alicyclic amines) is 1. The molecule has 0 atom stereocenters. The van der Waals surface area contributed by atoms with Gasteiger partial charge in [0.15, 0.2) is 5.76 Å². The molecule has 2 aromatic rings. The molecule has 3 heterocycles. The summed E-state index contributed by atoms with van der Waals surface area (Å²) in [5.41, 5.74) is 1.30. The third-order valence-corrected chi connectivity index (χ3v) is 5.53. The highest BCUT2D eigenvalue weighted by molar-refractivity contribution is 5.97. The van der Waals surface area contributed by atoms with E-state index in [0.717, 1.165) is 0 Å². The Kier molecular flexibility index (Phi) is 5.44. The molecule has 0 N–H and O–H groups in total. The van der Waals surface area contributed by atoms with E-state index >= 15 is 0 Å². The number of fused-ring (bicyclic) bond motifs is 1. The second-order valence-corrected chi connectivity index (χ2v) is 7.48. The van der Waals surface area contributed by atoms with Crippen LogP contribution < -0.4 is 9.64 Å². The van der Waals surface area contributed by atoms with Gasteiger partial charge in [-0.3, -0.25) is 9.59 Å². The van der Waals surface area contributed by atoms with E-state index in [9.17, 15) is 22.8 Å². The molecule has 2 amide bonds. The highest BCUT2D eigenvalue weighted by Gasteiger charge is 2.34. The monoisotopic (exact) mass is 422 g/mol. The number of hydrogen-bond donors (Lipinski definition) is 0. The number of hydrogen-bond acceptors (Lipinski definition) is 4. The SMILES string of the molecule is O=C(c1ccco1)N1CCC(C(=O)N2CCCc3cc(OC(F)(F)F)ccc32)CC1. The fourth-order valence-corrected chi connectivity index (χ4v) is 4.11. The smallest absolute Gasteiger partial charge is 0.459 e. The van der Waals surface area contributed by atoms with Crippen molar-refractivity contribution >= 4 is 17.5 Å². The minimum absolute atomic E-state index is 0.0504. The van der Waals surface area contributed by atoms with Gasteiger partial charge in [0.2, 0.25) is 5.91 Å². The Hall–Kier alpha value is -2.97. The second kappa shape index (κ2) is 8.04. The predicted octanol–water partition coefficient (Wildman–Crippen LogP) is 4.01. The van der Waals surface area contributed by atoms with Crippen molar-refractivity contribution in [3.63, 3.8) is 0 Å². The van der Waals surface area contributed by atoms with E-state index in [4.69, 9.17) is 4.42 Å². The summed E-state index contributed by atoms with van der Waals surface area (Å²) in [5.74, 6) is -0.471. The summed E-state index contributed by atoms with van der Waals surface area (Å²) in [7, 11) is 0. The van der Waals surface area contributed by atoms with Gasteiger partial charge in [0, 0.05) is 31.2 Å². The van der Waals surface area contributed by atoms with Crippen molar-refractivity contribution in [3.05, 3.63) is 47.9 Å². The Morgan fingerprint density at radius 1 is 1.10 bits per heavy atom. The van der Waals surface area contributed by atoms with Crippen molar-refractivity contribution in [2.45, 2.75) is 32.0 Å². The van der Waals surface area contributed by atoms with Gasteiger partial charge >= 0.3 is 6.36 Å². The molecule has 0 unspecified atom stereocenters. The lowest BCUT2D eigenvalue weighted by Crippen LogP contribution is -2.45. The first-order valence-corrected chi connectivity index (χ1v) is 9.84. The zero-order valence-electron chi connectivity index (χ0n) is 16.2. The van der Waals surface area contributed by atoms with Gasteiger partial charge < -0.3 is 19.0 Å². The zero-order chi connectivity index (χ0) is 21.3. The molecule has 1 aromatic carbocycles. The third kappa shape index (κ3) is 4.29. The van der Waals surface area contributed by atoms with Gasteiger partial charge in [0.1, 0.15) is 5.75 Å². The summed E-state index contributed by atoms with van der Waals surface area (Å²) in [4.78, 5) is 28.8. The number of rotatable bonds is 3. The predicted molar refractivity (Wildman–Crippen MR) is 101 cm³/mol. The van der Waals surface area contributed by atoms with Crippen LogP contribution in [0, 0.1) is 5.92 Å². The lowest BCUT2D eigenvalue weighted by atomic mass is 9.93. The number of nitrogens with zero attached hydrogens (tertiary/aromatic N) is 2. The van der Waals surface area contributed by atoms with Gasteiger partial charge in [-0.1, -0.05) is 0 Å². The second-order valence-electron chi connectivity index (χ2n) is 7.48. The van der Waals surface area contributed by atoms with Crippen molar-refractivity contribution in [2.75, 3.05) is 24.5 Å². The van der Waals surface area contributed by atoms with E-state index in [1.54, 1.807) is 21.9 Å². The van der Waals surface area contributed by atoms with E-state index in [1.165, 1.54) is 24.5 Å². The first-order chi connectivity index (χ1) is 14.3. The Balaban J connectivity index is 1.42. The maximum absolute atomic E-state index is 13.1. The average Bonchev–Trinajstić information content (AvgIpc) is 3.26. The summed E-state index contributed by atoms with van der Waals surface area (Å²) < 4.78 is 46.6. The highest BCUT2D eigenvalue weighted by Crippen LogP contribution is 2.34. The number of alkyl halides is 3. The molecule has 9 heteroatoms. The number of carbonyl (C=O) groups excluding carboxylic acids is 2. The summed E-state index contributed by atoms with van der Waals surface area (Å²) in [6, 6.07) is 7.38. The molecule has 1 fully saturated rings. The van der Waals surface area contributed by atoms with Crippen molar-refractivity contribution < 1.29 is 31.9 Å². The van der Waals surface area contributed by atoms with Crippen LogP contribution >= 0.6 is 0 Å². The van der Waals surface area contributed by atoms with Crippen LogP contribution in [0.2, 0.25) is 0 Å². The number of furan rings is 1. The van der Waals surface area contributed by atoms with Crippen LogP contribution in [0.1, 0.15) is 35.4 Å². The number of halogens is 3. The molecule has 4 rings (SSSR count). The minimum Gasteiger partial charge on any atom is -0.459 e. The largest absolute Gasteiger partial charge is 0.573 e. The number of carbonyl (C=O) groups is 2. The molecule has 30 heavy (non-hydrogen) atoms. The molecule has 0 radical (unpaired) electrons. The fourth-order valence-electron chi connectivity index (χ4n) is 4.11. The number of benzene rings is 1. The van der Waals surface area contributed by atoms with Crippen molar-refractivity contribution in [1.82, 2.24) is 4.90 Å². The maximum atomic E-state index is 13.1. The molecule has 6 nitrogen and oxygen atoms in total. The lowest BCUT2D eigenvalue weighted by molar-refractivity contribution is -0.274. The molecule has 0 spiro atoms. The number of ether oxygens (including phenoxy) is 1. The van der Waals surface area contributed by atoms with Gasteiger partial charge in [-0.15, -0.1) is 13.2 Å². The van der Waals surface area contributed by atoms with Crippen LogP contribution in [0.25, 0.3) is 0 Å². The molecule has 2 aliphatic rings. The standard InChI is InChI=1S/C21H21F3N2O4/c22-21(23,24)30-16-5-6-17-15(13-16)3-1-9-26(17)19(27)14-7-10-25(11-8-14)20(28)18-4-2-12-29-18/h2,4-6,12-14H,1,3,7-11H2. The van der Waals surface area contributed by atoms with Crippen molar-refractivity contribution in [3.8, 4) is 5.75 Å². The lowest BCUT2D eigenvalue weighted by Gasteiger charge is -2.36. The Bertz CT molecular complexity index is 919. The summed E-state index contributed by atoms with van der Waals surface area (Å²) in [6.07, 6.45) is -0.977. The van der Waals surface area contributed by atoms with E-state index in [2.05, 4.69) is 4.74 Å². The van der Waals surface area contributed by atoms with Crippen LogP contribution in [0.4, 0.5) is 18.9 Å². The van der Waals surface area contributed by atoms with Crippen LogP contribution in [0.5, 0.6) is 5.75 Å². The van der Waals surface area contributed by atoms with Gasteiger partial charge in [-0.05, 0) is 61.6 Å². The van der Waals surface area contributed by atoms with Crippen LogP contribution in [-0.2, 0) is 11.2 Å². The van der Waals surface area contributed by atoms with E-state index in [-0.39, 0.29) is 29.2 Å². The number of anilines is 1. The zero-order valence-corrected chi connectivity index (χ0v) is 16.2. The normalized spacial score (nSPS) is 17.6. The van der Waals surface area contributed by atoms with Crippen LogP contribution in [-0.4, -0.2) is 42.7 Å². The van der Waals surface area contributed by atoms with Crippen LogP contribution in [0.3, 0.4) is 0 Å². The molecule has 1 saturated heterocycles. The van der Waals surface area contributed by atoms with Gasteiger partial charge in [0.25, 0.3) is 5.91 Å². The molecular formula is C21H21F3N2O4. The molecule has 1 aromatic heterocycles. The summed E-state index contributed by atoms with van der Waals surface area (Å²) in [5, 5.41) is 0. The Morgan fingerprint density at radius 2 is 1.87 bits per heavy atom. The number of amides is 2. The van der Waals surface area contributed by atoms with Crippen LogP contribution in [0.15, 0.2) is 41.0 Å². The third-order valence-electron chi connectivity index (χ3n) is 5.53. The highest BCUT2D eigenvalue weighted by atomic mass is 19.4. The quantitative estimate of drug-likeness (QED) is 0.750. The van der Waals surface area contributed by atoms with E-state index in [1.807, 2.05) is 0 Å². The summed E-state index contributed by atoms with van der Waals surface area (Å²) in [6.45, 7) is 1.43. The van der Waals surface area contributed by atoms with Gasteiger partial charge in [-0.2, -0.15) is 0 Å². The molecule has 0 aliphatic carbocycles. The Morgan fingerprint density at radius 3 is 2.53 bits per heavy atom. The van der Waals surface area contributed by atoms with E-state index < -0.39 is 6.36 Å². The summed E-state index contributed by atoms with van der Waals surface area (Å²) >= 11 is 0. The molecule has 160 valence electrons. The van der Waals surface area contributed by atoms with Gasteiger partial charge in [-0.25, -0.2) is 0 Å². The first-order valence-electron chi connectivity index (χ1n) is 9.84. The molecular weight excluding hydrogens is 401 g/mol. The minimum atomic E-state index is -4.75. The fraction of sp³-hybridized carbons (Fsp3) is 0.429. The van der Waals surface area contributed by atoms with Crippen molar-refractivity contribution in [1.29, 1.82) is 0 Å². The maximum Gasteiger partial charge on any atom is 0.573 e. The topological polar surface area (TPSA) is 63.0 Å². The molecule has 0 bridgehead atoms. The van der Waals surface area contributed by atoms with Crippen molar-refractivity contribution in [2.24, 2.45) is 5.92 Å². The number of piperidine rings is 1. The molecule has 2 aliphatic heterocycles. The Labute approximate surface area is 171 Å². The first kappa shape index (κ1) is 20.3. The molecule has 0 saturated carbocycles. The van der Waals surface area contributed by atoms with E-state index in [0.29, 0.717) is 56.6 Å².